The molecule has 0 radical (unpaired) electrons. The van der Waals surface area contributed by atoms with E-state index in [1.165, 1.54) is 44.9 Å². The summed E-state index contributed by atoms with van der Waals surface area (Å²) in [5.41, 5.74) is 0.257. The van der Waals surface area contributed by atoms with Gasteiger partial charge in [0.2, 0.25) is 11.8 Å². The van der Waals surface area contributed by atoms with Crippen LogP contribution >= 0.6 is 12.4 Å². The Bertz CT molecular complexity index is 525. The summed E-state index contributed by atoms with van der Waals surface area (Å²) in [6.07, 6.45) is 12.0. The summed E-state index contributed by atoms with van der Waals surface area (Å²) in [5, 5.41) is 6.17. The Hall–Kier alpha value is -0.810. The number of hydrogen-bond donors (Lipinski definition) is 2. The molecular formula is C22H38ClN3O2. The number of halogens is 1. The van der Waals surface area contributed by atoms with Crippen molar-refractivity contribution < 1.29 is 9.59 Å². The monoisotopic (exact) mass is 411 g/mol. The largest absolute Gasteiger partial charge is 0.347 e. The highest BCUT2D eigenvalue weighted by Crippen LogP contribution is 2.61. The van der Waals surface area contributed by atoms with E-state index in [1.807, 2.05) is 11.9 Å². The van der Waals surface area contributed by atoms with Gasteiger partial charge in [-0.25, -0.2) is 0 Å². The van der Waals surface area contributed by atoms with Crippen molar-refractivity contribution in [3.8, 4) is 0 Å². The van der Waals surface area contributed by atoms with Gasteiger partial charge in [-0.15, -0.1) is 12.4 Å². The van der Waals surface area contributed by atoms with Crippen LogP contribution in [0.25, 0.3) is 0 Å². The first-order valence-electron chi connectivity index (χ1n) is 11.2. The Kier molecular flexibility index (Phi) is 7.30. The second-order valence-electron chi connectivity index (χ2n) is 10.1. The van der Waals surface area contributed by atoms with E-state index in [0.717, 1.165) is 56.1 Å². The first-order valence-corrected chi connectivity index (χ1v) is 11.2. The zero-order valence-electron chi connectivity index (χ0n) is 17.4. The predicted molar refractivity (Wildman–Crippen MR) is 113 cm³/mol. The highest BCUT2D eigenvalue weighted by Gasteiger charge is 2.51. The molecule has 4 bridgehead atoms. The third kappa shape index (κ3) is 5.02. The molecule has 1 aliphatic heterocycles. The molecule has 2 N–H and O–H groups in total. The minimum Gasteiger partial charge on any atom is -0.347 e. The predicted octanol–water partition coefficient (Wildman–Crippen LogP) is 2.98. The molecule has 6 heteroatoms. The van der Waals surface area contributed by atoms with Gasteiger partial charge in [0, 0.05) is 19.5 Å². The third-order valence-corrected chi connectivity index (χ3v) is 7.91. The van der Waals surface area contributed by atoms with E-state index in [1.54, 1.807) is 0 Å². The molecule has 0 atom stereocenters. The van der Waals surface area contributed by atoms with Crippen molar-refractivity contribution in [2.75, 3.05) is 33.2 Å². The van der Waals surface area contributed by atoms with E-state index in [0.29, 0.717) is 6.42 Å². The Morgan fingerprint density at radius 1 is 1.00 bits per heavy atom. The zero-order valence-corrected chi connectivity index (χ0v) is 18.2. The second-order valence-corrected chi connectivity index (χ2v) is 10.1. The molecule has 28 heavy (non-hydrogen) atoms. The maximum absolute atomic E-state index is 12.6. The van der Waals surface area contributed by atoms with Crippen molar-refractivity contribution in [2.24, 2.45) is 29.1 Å². The van der Waals surface area contributed by atoms with Crippen LogP contribution in [0.3, 0.4) is 0 Å². The Morgan fingerprint density at radius 3 is 2.11 bits per heavy atom. The first-order chi connectivity index (χ1) is 13.0. The molecule has 5 rings (SSSR count). The molecule has 0 aromatic rings. The van der Waals surface area contributed by atoms with Crippen molar-refractivity contribution in [3.63, 3.8) is 0 Å². The van der Waals surface area contributed by atoms with Crippen LogP contribution in [0.1, 0.15) is 64.2 Å². The van der Waals surface area contributed by atoms with Gasteiger partial charge in [0.15, 0.2) is 0 Å². The maximum Gasteiger partial charge on any atom is 0.241 e. The van der Waals surface area contributed by atoms with Gasteiger partial charge in [0.05, 0.1) is 6.54 Å². The summed E-state index contributed by atoms with van der Waals surface area (Å²) in [4.78, 5) is 27.0. The number of amides is 2. The Labute approximate surface area is 176 Å². The van der Waals surface area contributed by atoms with Crippen LogP contribution in [0.15, 0.2) is 0 Å². The average Bonchev–Trinajstić information content (AvgIpc) is 2.63. The molecule has 5 fully saturated rings. The maximum atomic E-state index is 12.6. The molecule has 0 unspecified atom stereocenters. The van der Waals surface area contributed by atoms with Gasteiger partial charge in [-0.05, 0) is 100 Å². The van der Waals surface area contributed by atoms with Crippen LogP contribution in [-0.4, -0.2) is 49.9 Å². The van der Waals surface area contributed by atoms with Gasteiger partial charge in [-0.2, -0.15) is 0 Å². The number of likely N-dealkylation sites (tertiary alicyclic amines) is 1. The van der Waals surface area contributed by atoms with E-state index in [2.05, 4.69) is 10.6 Å². The average molecular weight is 412 g/mol. The second kappa shape index (κ2) is 9.34. The van der Waals surface area contributed by atoms with Gasteiger partial charge >= 0.3 is 0 Å². The number of hydrogen-bond acceptors (Lipinski definition) is 3. The van der Waals surface area contributed by atoms with Gasteiger partial charge in [-0.3, -0.25) is 9.59 Å². The topological polar surface area (TPSA) is 61.4 Å². The lowest BCUT2D eigenvalue weighted by atomic mass is 9.49. The molecule has 1 saturated heterocycles. The molecule has 0 aromatic carbocycles. The van der Waals surface area contributed by atoms with E-state index in [9.17, 15) is 9.59 Å². The summed E-state index contributed by atoms with van der Waals surface area (Å²) in [7, 11) is 1.99. The van der Waals surface area contributed by atoms with Crippen LogP contribution in [0.5, 0.6) is 0 Å². The summed E-state index contributed by atoms with van der Waals surface area (Å²) in [6, 6.07) is 0. The normalized spacial score (nSPS) is 34.2. The lowest BCUT2D eigenvalue weighted by molar-refractivity contribution is -0.136. The Balaban J connectivity index is 0.00000225. The molecule has 4 saturated carbocycles. The van der Waals surface area contributed by atoms with Crippen molar-refractivity contribution >= 4 is 24.2 Å². The molecule has 0 aromatic heterocycles. The molecule has 5 aliphatic rings. The number of carbonyl (C=O) groups is 2. The van der Waals surface area contributed by atoms with Crippen molar-refractivity contribution in [1.29, 1.82) is 0 Å². The molecule has 160 valence electrons. The van der Waals surface area contributed by atoms with Crippen LogP contribution in [0.2, 0.25) is 0 Å². The van der Waals surface area contributed by atoms with E-state index in [-0.39, 0.29) is 36.2 Å². The van der Waals surface area contributed by atoms with Crippen LogP contribution < -0.4 is 10.6 Å². The van der Waals surface area contributed by atoms with Gasteiger partial charge in [-0.1, -0.05) is 0 Å². The summed E-state index contributed by atoms with van der Waals surface area (Å²) >= 11 is 0. The fraction of sp³-hybridized carbons (Fsp3) is 0.909. The van der Waals surface area contributed by atoms with Crippen LogP contribution in [0.4, 0.5) is 0 Å². The number of nitrogens with zero attached hydrogens (tertiary/aromatic N) is 1. The summed E-state index contributed by atoms with van der Waals surface area (Å²) < 4.78 is 0. The smallest absolute Gasteiger partial charge is 0.241 e. The standard InChI is InChI=1S/C22H37N3O2.ClH/c1-23-5-2-16-3-6-25(7-4-16)21(27)15-24-20(26)14-22-11-17-8-18(12-22)10-19(9-17)13-22;/h16-19,23H,2-15H2,1H3,(H,24,26);1H. The molecular weight excluding hydrogens is 374 g/mol. The number of carbonyl (C=O) groups excluding carboxylic acids is 2. The first kappa shape index (κ1) is 21.9. The van der Waals surface area contributed by atoms with Crippen LogP contribution in [-0.2, 0) is 9.59 Å². The summed E-state index contributed by atoms with van der Waals surface area (Å²) in [5.74, 6) is 3.54. The fourth-order valence-electron chi connectivity index (χ4n) is 7.02. The van der Waals surface area contributed by atoms with E-state index >= 15 is 0 Å². The third-order valence-electron chi connectivity index (χ3n) is 7.91. The molecule has 0 spiro atoms. The highest BCUT2D eigenvalue weighted by atomic mass is 35.5. The number of rotatable bonds is 7. The zero-order chi connectivity index (χ0) is 18.9. The minimum absolute atomic E-state index is 0. The molecule has 5 nitrogen and oxygen atoms in total. The summed E-state index contributed by atoms with van der Waals surface area (Å²) in [6.45, 7) is 2.93. The Morgan fingerprint density at radius 2 is 1.57 bits per heavy atom. The molecule has 2 amide bonds. The van der Waals surface area contributed by atoms with Crippen LogP contribution in [0, 0.1) is 29.1 Å². The van der Waals surface area contributed by atoms with Gasteiger partial charge < -0.3 is 15.5 Å². The van der Waals surface area contributed by atoms with E-state index < -0.39 is 0 Å². The minimum atomic E-state index is 0. The number of piperidine rings is 1. The van der Waals surface area contributed by atoms with Crippen molar-refractivity contribution in [1.82, 2.24) is 15.5 Å². The number of nitrogens with one attached hydrogen (secondary N) is 2. The van der Waals surface area contributed by atoms with Gasteiger partial charge in [0.1, 0.15) is 0 Å². The fourth-order valence-corrected chi connectivity index (χ4v) is 7.02. The van der Waals surface area contributed by atoms with E-state index in [4.69, 9.17) is 0 Å². The van der Waals surface area contributed by atoms with Gasteiger partial charge in [0.25, 0.3) is 0 Å². The molecule has 1 heterocycles. The van der Waals surface area contributed by atoms with Crippen molar-refractivity contribution in [3.05, 3.63) is 0 Å². The highest BCUT2D eigenvalue weighted by molar-refractivity contribution is 5.85. The molecule has 4 aliphatic carbocycles. The van der Waals surface area contributed by atoms with Crippen molar-refractivity contribution in [2.45, 2.75) is 64.2 Å². The SMILES string of the molecule is CNCCC1CCN(C(=O)CNC(=O)CC23CC4CC(CC(C4)C2)C3)CC1.Cl. The quantitative estimate of drug-likeness (QED) is 0.677. The lowest BCUT2D eigenvalue weighted by Crippen LogP contribution is -2.49. The lowest BCUT2D eigenvalue weighted by Gasteiger charge is -2.56.